The molecule has 0 bridgehead atoms. The summed E-state index contributed by atoms with van der Waals surface area (Å²) >= 11 is 0. The Bertz CT molecular complexity index is 959. The maximum Gasteiger partial charge on any atom is 0.243 e. The topological polar surface area (TPSA) is 84.9 Å². The molecule has 8 heteroatoms. The standard InChI is InChI=1S/C21H28N2O5S/c1-6-28-18-9-7-8-17(13-18)14-22-21(24)16(3)23(29(5,25)26)19-12-15(2)10-11-20(19)27-4/h7-13,16H,6,14H2,1-5H3,(H,22,24)/t16-/m0/s1. The summed E-state index contributed by atoms with van der Waals surface area (Å²) in [6.45, 7) is 6.10. The molecular formula is C21H28N2O5S. The van der Waals surface area contributed by atoms with Gasteiger partial charge in [-0.15, -0.1) is 0 Å². The number of ether oxygens (including phenoxy) is 2. The highest BCUT2D eigenvalue weighted by Crippen LogP contribution is 2.32. The SMILES string of the molecule is CCOc1cccc(CNC(=O)[C@H](C)N(c2cc(C)ccc2OC)S(C)(=O)=O)c1. The van der Waals surface area contributed by atoms with Crippen molar-refractivity contribution in [1.29, 1.82) is 0 Å². The molecule has 0 aliphatic rings. The molecule has 0 aliphatic heterocycles. The monoisotopic (exact) mass is 420 g/mol. The Morgan fingerprint density at radius 2 is 1.93 bits per heavy atom. The smallest absolute Gasteiger partial charge is 0.243 e. The van der Waals surface area contributed by atoms with E-state index < -0.39 is 22.0 Å². The van der Waals surface area contributed by atoms with Crippen molar-refractivity contribution < 1.29 is 22.7 Å². The Hall–Kier alpha value is -2.74. The van der Waals surface area contributed by atoms with Crippen LogP contribution >= 0.6 is 0 Å². The van der Waals surface area contributed by atoms with Gasteiger partial charge < -0.3 is 14.8 Å². The third-order valence-electron chi connectivity index (χ3n) is 4.34. The number of amides is 1. The van der Waals surface area contributed by atoms with Crippen LogP contribution in [0.3, 0.4) is 0 Å². The minimum Gasteiger partial charge on any atom is -0.495 e. The van der Waals surface area contributed by atoms with E-state index in [1.54, 1.807) is 19.1 Å². The van der Waals surface area contributed by atoms with Crippen molar-refractivity contribution in [2.45, 2.75) is 33.4 Å². The quantitative estimate of drug-likeness (QED) is 0.674. The zero-order valence-corrected chi connectivity index (χ0v) is 18.2. The van der Waals surface area contributed by atoms with Crippen LogP contribution in [0, 0.1) is 6.92 Å². The van der Waals surface area contributed by atoms with Gasteiger partial charge in [0.2, 0.25) is 15.9 Å². The van der Waals surface area contributed by atoms with Gasteiger partial charge in [-0.1, -0.05) is 18.2 Å². The van der Waals surface area contributed by atoms with Crippen LogP contribution in [-0.2, 0) is 21.4 Å². The summed E-state index contributed by atoms with van der Waals surface area (Å²) in [4.78, 5) is 12.8. The summed E-state index contributed by atoms with van der Waals surface area (Å²) in [5.41, 5.74) is 2.04. The second kappa shape index (κ2) is 9.65. The minimum atomic E-state index is -3.74. The maximum absolute atomic E-state index is 12.8. The lowest BCUT2D eigenvalue weighted by Crippen LogP contribution is -2.47. The molecule has 0 aromatic heterocycles. The number of sulfonamides is 1. The van der Waals surface area contributed by atoms with Crippen LogP contribution in [0.2, 0.25) is 0 Å². The van der Waals surface area contributed by atoms with E-state index in [2.05, 4.69) is 5.32 Å². The van der Waals surface area contributed by atoms with Gasteiger partial charge in [-0.25, -0.2) is 8.42 Å². The second-order valence-electron chi connectivity index (χ2n) is 6.71. The molecule has 1 atom stereocenters. The number of benzene rings is 2. The third-order valence-corrected chi connectivity index (χ3v) is 5.56. The van der Waals surface area contributed by atoms with Gasteiger partial charge in [0, 0.05) is 6.54 Å². The van der Waals surface area contributed by atoms with Gasteiger partial charge in [0.05, 0.1) is 25.7 Å². The van der Waals surface area contributed by atoms with Crippen LogP contribution in [0.25, 0.3) is 0 Å². The van der Waals surface area contributed by atoms with E-state index in [4.69, 9.17) is 9.47 Å². The summed E-state index contributed by atoms with van der Waals surface area (Å²) in [6.07, 6.45) is 1.07. The van der Waals surface area contributed by atoms with Crippen molar-refractivity contribution in [3.63, 3.8) is 0 Å². The lowest BCUT2D eigenvalue weighted by molar-refractivity contribution is -0.122. The summed E-state index contributed by atoms with van der Waals surface area (Å²) in [6, 6.07) is 11.6. The molecule has 0 radical (unpaired) electrons. The number of methoxy groups -OCH3 is 1. The number of anilines is 1. The van der Waals surface area contributed by atoms with Gasteiger partial charge in [-0.2, -0.15) is 0 Å². The largest absolute Gasteiger partial charge is 0.495 e. The first-order valence-electron chi connectivity index (χ1n) is 9.30. The highest BCUT2D eigenvalue weighted by molar-refractivity contribution is 7.92. The normalized spacial score (nSPS) is 12.2. The fourth-order valence-corrected chi connectivity index (χ4v) is 4.17. The van der Waals surface area contributed by atoms with Crippen LogP contribution in [-0.4, -0.2) is 40.3 Å². The van der Waals surface area contributed by atoms with E-state index in [0.717, 1.165) is 27.4 Å². The summed E-state index contributed by atoms with van der Waals surface area (Å²) < 4.78 is 36.9. The Kier molecular flexibility index (Phi) is 7.50. The van der Waals surface area contributed by atoms with Crippen molar-refractivity contribution in [2.24, 2.45) is 0 Å². The Morgan fingerprint density at radius 3 is 2.55 bits per heavy atom. The molecule has 0 fully saturated rings. The second-order valence-corrected chi connectivity index (χ2v) is 8.57. The molecule has 0 unspecified atom stereocenters. The average molecular weight is 421 g/mol. The molecule has 0 heterocycles. The van der Waals surface area contributed by atoms with E-state index in [1.807, 2.05) is 44.2 Å². The van der Waals surface area contributed by atoms with Crippen LogP contribution < -0.4 is 19.1 Å². The van der Waals surface area contributed by atoms with E-state index in [1.165, 1.54) is 7.11 Å². The average Bonchev–Trinajstić information content (AvgIpc) is 2.66. The zero-order valence-electron chi connectivity index (χ0n) is 17.4. The van der Waals surface area contributed by atoms with E-state index in [0.29, 0.717) is 18.0 Å². The number of hydrogen-bond acceptors (Lipinski definition) is 5. The minimum absolute atomic E-state index is 0.257. The van der Waals surface area contributed by atoms with Crippen molar-refractivity contribution in [3.05, 3.63) is 53.6 Å². The Balaban J connectivity index is 2.24. The lowest BCUT2D eigenvalue weighted by atomic mass is 10.1. The molecular weight excluding hydrogens is 392 g/mol. The number of nitrogens with zero attached hydrogens (tertiary/aromatic N) is 1. The zero-order chi connectivity index (χ0) is 21.6. The molecule has 158 valence electrons. The van der Waals surface area contributed by atoms with Gasteiger partial charge >= 0.3 is 0 Å². The Labute approximate surface area is 172 Å². The molecule has 0 spiro atoms. The molecule has 0 saturated carbocycles. The predicted molar refractivity (Wildman–Crippen MR) is 114 cm³/mol. The molecule has 0 aliphatic carbocycles. The van der Waals surface area contributed by atoms with Crippen LogP contribution in [0.4, 0.5) is 5.69 Å². The maximum atomic E-state index is 12.8. The first-order valence-corrected chi connectivity index (χ1v) is 11.2. The fourth-order valence-electron chi connectivity index (χ4n) is 3.00. The van der Waals surface area contributed by atoms with E-state index >= 15 is 0 Å². The first kappa shape index (κ1) is 22.5. The number of hydrogen-bond donors (Lipinski definition) is 1. The van der Waals surface area contributed by atoms with Gasteiger partial charge in [-0.05, 0) is 56.2 Å². The molecule has 2 aromatic rings. The molecule has 0 saturated heterocycles. The van der Waals surface area contributed by atoms with Gasteiger partial charge in [-0.3, -0.25) is 9.10 Å². The predicted octanol–water partition coefficient (Wildman–Crippen LogP) is 2.87. The van der Waals surface area contributed by atoms with Gasteiger partial charge in [0.1, 0.15) is 17.5 Å². The number of carbonyl (C=O) groups is 1. The number of carbonyl (C=O) groups excluding carboxylic acids is 1. The third kappa shape index (κ3) is 5.87. The van der Waals surface area contributed by atoms with Crippen LogP contribution in [0.5, 0.6) is 11.5 Å². The van der Waals surface area contributed by atoms with Crippen molar-refractivity contribution in [3.8, 4) is 11.5 Å². The molecule has 29 heavy (non-hydrogen) atoms. The van der Waals surface area contributed by atoms with Crippen LogP contribution in [0.1, 0.15) is 25.0 Å². The van der Waals surface area contributed by atoms with Crippen molar-refractivity contribution >= 4 is 21.6 Å². The summed E-state index contributed by atoms with van der Waals surface area (Å²) in [5.74, 6) is 0.681. The van der Waals surface area contributed by atoms with Crippen molar-refractivity contribution in [2.75, 3.05) is 24.3 Å². The highest BCUT2D eigenvalue weighted by Gasteiger charge is 2.31. The first-order chi connectivity index (χ1) is 13.7. The summed E-state index contributed by atoms with van der Waals surface area (Å²) in [7, 11) is -2.27. The summed E-state index contributed by atoms with van der Waals surface area (Å²) in [5, 5.41) is 2.80. The molecule has 1 N–H and O–H groups in total. The molecule has 1 amide bonds. The van der Waals surface area contributed by atoms with Gasteiger partial charge in [0.15, 0.2) is 0 Å². The number of aryl methyl sites for hydroxylation is 1. The van der Waals surface area contributed by atoms with Gasteiger partial charge in [0.25, 0.3) is 0 Å². The number of nitrogens with one attached hydrogen (secondary N) is 1. The number of rotatable bonds is 9. The Morgan fingerprint density at radius 1 is 1.21 bits per heavy atom. The molecule has 2 rings (SSSR count). The van der Waals surface area contributed by atoms with E-state index in [9.17, 15) is 13.2 Å². The van der Waals surface area contributed by atoms with Crippen LogP contribution in [0.15, 0.2) is 42.5 Å². The lowest BCUT2D eigenvalue weighted by Gasteiger charge is -2.29. The molecule has 7 nitrogen and oxygen atoms in total. The molecule has 2 aromatic carbocycles. The highest BCUT2D eigenvalue weighted by atomic mass is 32.2. The van der Waals surface area contributed by atoms with Crippen molar-refractivity contribution in [1.82, 2.24) is 5.32 Å². The van der Waals surface area contributed by atoms with E-state index in [-0.39, 0.29) is 6.54 Å². The fraction of sp³-hybridized carbons (Fsp3) is 0.381.